The van der Waals surface area contributed by atoms with E-state index in [4.69, 9.17) is 14.5 Å². The summed E-state index contributed by atoms with van der Waals surface area (Å²) < 4.78 is 11.1. The number of guanidine groups is 1. The van der Waals surface area contributed by atoms with Crippen LogP contribution in [-0.2, 0) is 17.7 Å². The van der Waals surface area contributed by atoms with Gasteiger partial charge in [-0.1, -0.05) is 12.1 Å². The van der Waals surface area contributed by atoms with Crippen molar-refractivity contribution in [1.29, 1.82) is 0 Å². The van der Waals surface area contributed by atoms with E-state index < -0.39 is 0 Å². The molecule has 176 valence electrons. The molecule has 2 N–H and O–H groups in total. The maximum absolute atomic E-state index is 5.64. The van der Waals surface area contributed by atoms with Crippen LogP contribution in [0.25, 0.3) is 0 Å². The monoisotopic (exact) mass is 553 g/mol. The minimum Gasteiger partial charge on any atom is -0.496 e. The average Bonchev–Trinajstić information content (AvgIpc) is 2.78. The number of rotatable bonds is 8. The Kier molecular flexibility index (Phi) is 11.0. The lowest BCUT2D eigenvalue weighted by Gasteiger charge is -2.32. The van der Waals surface area contributed by atoms with Gasteiger partial charge in [0.1, 0.15) is 11.6 Å². The van der Waals surface area contributed by atoms with Crippen LogP contribution in [0.1, 0.15) is 30.5 Å². The highest BCUT2D eigenvalue weighted by atomic mass is 127. The van der Waals surface area contributed by atoms with Gasteiger partial charge in [0.25, 0.3) is 0 Å². The van der Waals surface area contributed by atoms with Gasteiger partial charge in [-0.05, 0) is 62.1 Å². The van der Waals surface area contributed by atoms with Gasteiger partial charge in [-0.15, -0.1) is 24.0 Å². The SMILES string of the molecule is CCNC(=NCc1ccnc(N2CCOC(C)C2)c1)NCCc1ccc(C)c(OC)c1.I. The lowest BCUT2D eigenvalue weighted by atomic mass is 10.1. The second-order valence-corrected chi connectivity index (χ2v) is 7.83. The number of pyridine rings is 1. The summed E-state index contributed by atoms with van der Waals surface area (Å²) in [5.41, 5.74) is 3.53. The predicted octanol–water partition coefficient (Wildman–Crippen LogP) is 3.54. The molecule has 0 bridgehead atoms. The third kappa shape index (κ3) is 7.81. The number of benzene rings is 1. The van der Waals surface area contributed by atoms with E-state index in [1.54, 1.807) is 7.11 Å². The summed E-state index contributed by atoms with van der Waals surface area (Å²) in [5, 5.41) is 6.76. The first-order valence-corrected chi connectivity index (χ1v) is 11.1. The van der Waals surface area contributed by atoms with Crippen molar-refractivity contribution in [2.75, 3.05) is 44.8 Å². The second-order valence-electron chi connectivity index (χ2n) is 7.83. The normalized spacial score (nSPS) is 16.3. The molecule has 3 rings (SSSR count). The first kappa shape index (κ1) is 26.2. The molecule has 0 radical (unpaired) electrons. The number of nitrogens with one attached hydrogen (secondary N) is 2. The zero-order chi connectivity index (χ0) is 22.1. The molecule has 1 aromatic carbocycles. The Morgan fingerprint density at radius 1 is 1.25 bits per heavy atom. The van der Waals surface area contributed by atoms with Crippen LogP contribution in [-0.4, -0.2) is 56.9 Å². The van der Waals surface area contributed by atoms with Crippen LogP contribution in [0.3, 0.4) is 0 Å². The van der Waals surface area contributed by atoms with E-state index in [1.165, 1.54) is 5.56 Å². The maximum Gasteiger partial charge on any atom is 0.191 e. The number of hydrogen-bond acceptors (Lipinski definition) is 5. The number of nitrogens with zero attached hydrogens (tertiary/aromatic N) is 3. The summed E-state index contributed by atoms with van der Waals surface area (Å²) in [6, 6.07) is 10.5. The van der Waals surface area contributed by atoms with E-state index >= 15 is 0 Å². The van der Waals surface area contributed by atoms with E-state index in [2.05, 4.69) is 65.6 Å². The molecule has 7 nitrogen and oxygen atoms in total. The van der Waals surface area contributed by atoms with Gasteiger partial charge in [-0.2, -0.15) is 0 Å². The summed E-state index contributed by atoms with van der Waals surface area (Å²) in [6.45, 7) is 10.9. The molecular weight excluding hydrogens is 517 g/mol. The molecule has 0 amide bonds. The van der Waals surface area contributed by atoms with Crippen molar-refractivity contribution in [3.05, 3.63) is 53.2 Å². The van der Waals surface area contributed by atoms with E-state index in [9.17, 15) is 0 Å². The number of ether oxygens (including phenoxy) is 2. The Balaban J connectivity index is 0.00000363. The van der Waals surface area contributed by atoms with Crippen molar-refractivity contribution in [2.24, 2.45) is 4.99 Å². The molecule has 0 saturated carbocycles. The van der Waals surface area contributed by atoms with E-state index in [0.29, 0.717) is 6.54 Å². The summed E-state index contributed by atoms with van der Waals surface area (Å²) in [5.74, 6) is 2.75. The molecule has 1 saturated heterocycles. The van der Waals surface area contributed by atoms with Crippen LogP contribution >= 0.6 is 24.0 Å². The second kappa shape index (κ2) is 13.5. The third-order valence-electron chi connectivity index (χ3n) is 5.32. The van der Waals surface area contributed by atoms with Crippen LogP contribution in [0.5, 0.6) is 5.75 Å². The number of methoxy groups -OCH3 is 1. The third-order valence-corrected chi connectivity index (χ3v) is 5.32. The molecule has 0 aliphatic carbocycles. The number of anilines is 1. The van der Waals surface area contributed by atoms with Gasteiger partial charge in [0.2, 0.25) is 0 Å². The zero-order valence-corrected chi connectivity index (χ0v) is 21.9. The number of hydrogen-bond donors (Lipinski definition) is 2. The first-order chi connectivity index (χ1) is 15.1. The molecule has 1 aromatic heterocycles. The van der Waals surface area contributed by atoms with Crippen molar-refractivity contribution in [1.82, 2.24) is 15.6 Å². The molecule has 1 fully saturated rings. The quantitative estimate of drug-likeness (QED) is 0.296. The fourth-order valence-electron chi connectivity index (χ4n) is 3.62. The molecule has 0 spiro atoms. The molecule has 32 heavy (non-hydrogen) atoms. The predicted molar refractivity (Wildman–Crippen MR) is 142 cm³/mol. The number of morpholine rings is 1. The molecule has 2 aromatic rings. The molecule has 1 atom stereocenters. The molecule has 8 heteroatoms. The fourth-order valence-corrected chi connectivity index (χ4v) is 3.62. The maximum atomic E-state index is 5.64. The largest absolute Gasteiger partial charge is 0.496 e. The van der Waals surface area contributed by atoms with Gasteiger partial charge >= 0.3 is 0 Å². The summed E-state index contributed by atoms with van der Waals surface area (Å²) >= 11 is 0. The lowest BCUT2D eigenvalue weighted by molar-refractivity contribution is 0.0529. The first-order valence-electron chi connectivity index (χ1n) is 11.1. The molecule has 2 heterocycles. The van der Waals surface area contributed by atoms with Crippen molar-refractivity contribution in [3.63, 3.8) is 0 Å². The Morgan fingerprint density at radius 3 is 2.84 bits per heavy atom. The van der Waals surface area contributed by atoms with Gasteiger partial charge in [0.05, 0.1) is 26.4 Å². The van der Waals surface area contributed by atoms with E-state index in [-0.39, 0.29) is 30.1 Å². The van der Waals surface area contributed by atoms with Crippen LogP contribution < -0.4 is 20.3 Å². The van der Waals surface area contributed by atoms with Crippen molar-refractivity contribution in [2.45, 2.75) is 39.8 Å². The topological polar surface area (TPSA) is 71.0 Å². The Bertz CT molecular complexity index is 877. The average molecular weight is 553 g/mol. The highest BCUT2D eigenvalue weighted by Gasteiger charge is 2.18. The van der Waals surface area contributed by atoms with Crippen molar-refractivity contribution < 1.29 is 9.47 Å². The molecule has 1 unspecified atom stereocenters. The van der Waals surface area contributed by atoms with Gasteiger partial charge in [0, 0.05) is 32.4 Å². The van der Waals surface area contributed by atoms with Crippen LogP contribution in [0.4, 0.5) is 5.82 Å². The molecular formula is C24H36IN5O2. The zero-order valence-electron chi connectivity index (χ0n) is 19.6. The molecule has 1 aliphatic heterocycles. The number of aliphatic imine (C=N–C) groups is 1. The van der Waals surface area contributed by atoms with Crippen molar-refractivity contribution in [3.8, 4) is 5.75 Å². The summed E-state index contributed by atoms with van der Waals surface area (Å²) in [6.07, 6.45) is 3.00. The molecule has 1 aliphatic rings. The highest BCUT2D eigenvalue weighted by molar-refractivity contribution is 14.0. The van der Waals surface area contributed by atoms with Crippen molar-refractivity contribution >= 4 is 35.8 Å². The summed E-state index contributed by atoms with van der Waals surface area (Å²) in [7, 11) is 1.71. The van der Waals surface area contributed by atoms with Crippen LogP contribution in [0.2, 0.25) is 0 Å². The Labute approximate surface area is 209 Å². The Morgan fingerprint density at radius 2 is 2.09 bits per heavy atom. The highest BCUT2D eigenvalue weighted by Crippen LogP contribution is 2.19. The smallest absolute Gasteiger partial charge is 0.191 e. The number of aryl methyl sites for hydroxylation is 1. The minimum atomic E-state index is 0. The number of halogens is 1. The summed E-state index contributed by atoms with van der Waals surface area (Å²) in [4.78, 5) is 11.6. The van der Waals surface area contributed by atoms with E-state index in [0.717, 1.165) is 67.9 Å². The van der Waals surface area contributed by atoms with Gasteiger partial charge in [-0.3, -0.25) is 0 Å². The van der Waals surface area contributed by atoms with Gasteiger partial charge < -0.3 is 25.0 Å². The Hall–Kier alpha value is -2.07. The van der Waals surface area contributed by atoms with Crippen LogP contribution in [0.15, 0.2) is 41.5 Å². The minimum absolute atomic E-state index is 0. The standard InChI is InChI=1S/C24H35N5O2.HI/c1-5-25-24(27-11-8-20-7-6-18(2)22(14-20)30-4)28-16-21-9-10-26-23(15-21)29-12-13-31-19(3)17-29;/h6-7,9-10,14-15,19H,5,8,11-13,16-17H2,1-4H3,(H2,25,27,28);1H. The van der Waals surface area contributed by atoms with Gasteiger partial charge in [0.15, 0.2) is 5.96 Å². The fraction of sp³-hybridized carbons (Fsp3) is 0.500. The lowest BCUT2D eigenvalue weighted by Crippen LogP contribution is -2.41. The van der Waals surface area contributed by atoms with E-state index in [1.807, 2.05) is 12.3 Å². The van der Waals surface area contributed by atoms with Gasteiger partial charge in [-0.25, -0.2) is 9.98 Å². The van der Waals surface area contributed by atoms with Crippen LogP contribution in [0, 0.1) is 6.92 Å². The number of aromatic nitrogens is 1.